The van der Waals surface area contributed by atoms with E-state index in [1.165, 1.54) is 16.8 Å². The minimum absolute atomic E-state index is 0.0347. The topological polar surface area (TPSA) is 72.2 Å². The van der Waals surface area contributed by atoms with E-state index in [-0.39, 0.29) is 10.0 Å². The van der Waals surface area contributed by atoms with Gasteiger partial charge in [0.15, 0.2) is 10.9 Å². The molecule has 3 rings (SSSR count). The minimum atomic E-state index is -3.96. The second-order valence-corrected chi connectivity index (χ2v) is 7.79. The van der Waals surface area contributed by atoms with Crippen molar-refractivity contribution in [3.8, 4) is 11.4 Å². The molecule has 0 unspecified atom stereocenters. The number of aromatic nitrogens is 2. The van der Waals surface area contributed by atoms with E-state index in [2.05, 4.69) is 21.0 Å². The smallest absolute Gasteiger partial charge is 0.229 e. The number of aromatic hydroxyl groups is 1. The Hall–Kier alpha value is -1.83. The summed E-state index contributed by atoms with van der Waals surface area (Å²) in [6.07, 6.45) is 0. The van der Waals surface area contributed by atoms with E-state index < -0.39 is 20.6 Å². The average Bonchev–Trinajstić information content (AvgIpc) is 2.86. The van der Waals surface area contributed by atoms with Crippen LogP contribution in [0.4, 0.5) is 0 Å². The van der Waals surface area contributed by atoms with Crippen LogP contribution in [0.15, 0.2) is 69.0 Å². The molecular formula is C15H10BrClN2O3S. The Morgan fingerprint density at radius 1 is 1.04 bits per heavy atom. The summed E-state index contributed by atoms with van der Waals surface area (Å²) in [5.41, 5.74) is 0.531. The van der Waals surface area contributed by atoms with Crippen molar-refractivity contribution in [1.29, 1.82) is 0 Å². The summed E-state index contributed by atoms with van der Waals surface area (Å²) in [5.74, 6) is -0.571. The summed E-state index contributed by atoms with van der Waals surface area (Å²) in [6.45, 7) is 0. The molecule has 0 fully saturated rings. The lowest BCUT2D eigenvalue weighted by Gasteiger charge is -2.02. The van der Waals surface area contributed by atoms with Crippen LogP contribution in [-0.4, -0.2) is 23.3 Å². The van der Waals surface area contributed by atoms with Gasteiger partial charge in [-0.3, -0.25) is 0 Å². The molecule has 0 spiro atoms. The average molecular weight is 414 g/mol. The van der Waals surface area contributed by atoms with Gasteiger partial charge in [0.25, 0.3) is 0 Å². The van der Waals surface area contributed by atoms with Gasteiger partial charge in [0, 0.05) is 4.47 Å². The second kappa shape index (κ2) is 5.99. The molecule has 118 valence electrons. The van der Waals surface area contributed by atoms with Crippen LogP contribution in [0.25, 0.3) is 5.69 Å². The summed E-state index contributed by atoms with van der Waals surface area (Å²) in [5, 5.41) is 13.5. The van der Waals surface area contributed by atoms with Crippen LogP contribution in [0.1, 0.15) is 0 Å². The third-order valence-corrected chi connectivity index (χ3v) is 5.70. The molecule has 23 heavy (non-hydrogen) atoms. The van der Waals surface area contributed by atoms with E-state index in [4.69, 9.17) is 11.6 Å². The summed E-state index contributed by atoms with van der Waals surface area (Å²) in [7, 11) is -3.96. The van der Waals surface area contributed by atoms with Gasteiger partial charge in [-0.25, -0.2) is 13.1 Å². The van der Waals surface area contributed by atoms with Gasteiger partial charge in [0.05, 0.1) is 10.6 Å². The predicted molar refractivity (Wildman–Crippen MR) is 89.8 cm³/mol. The Morgan fingerprint density at radius 3 is 2.26 bits per heavy atom. The highest BCUT2D eigenvalue weighted by Gasteiger charge is 2.29. The first-order valence-corrected chi connectivity index (χ1v) is 9.10. The molecule has 3 aromatic rings. The van der Waals surface area contributed by atoms with E-state index >= 15 is 0 Å². The monoisotopic (exact) mass is 412 g/mol. The van der Waals surface area contributed by atoms with Crippen molar-refractivity contribution in [1.82, 2.24) is 9.78 Å². The molecule has 5 nitrogen and oxygen atoms in total. The van der Waals surface area contributed by atoms with Crippen molar-refractivity contribution in [3.63, 3.8) is 0 Å². The van der Waals surface area contributed by atoms with Gasteiger partial charge in [0.1, 0.15) is 0 Å². The Kier molecular flexibility index (Phi) is 4.18. The van der Waals surface area contributed by atoms with Gasteiger partial charge in [0.2, 0.25) is 14.9 Å². The fourth-order valence-electron chi connectivity index (χ4n) is 2.02. The first kappa shape index (κ1) is 16.0. The molecule has 0 saturated carbocycles. The van der Waals surface area contributed by atoms with E-state index in [0.717, 1.165) is 4.47 Å². The molecule has 2 aromatic carbocycles. The minimum Gasteiger partial charge on any atom is -0.503 e. The van der Waals surface area contributed by atoms with Crippen LogP contribution in [0.3, 0.4) is 0 Å². The van der Waals surface area contributed by atoms with E-state index in [1.54, 1.807) is 42.5 Å². The third kappa shape index (κ3) is 2.87. The van der Waals surface area contributed by atoms with Crippen molar-refractivity contribution in [3.05, 3.63) is 64.2 Å². The number of rotatable bonds is 3. The highest BCUT2D eigenvalue weighted by Crippen LogP contribution is 2.35. The number of halogens is 2. The van der Waals surface area contributed by atoms with E-state index in [0.29, 0.717) is 5.69 Å². The molecule has 1 N–H and O–H groups in total. The number of benzene rings is 2. The summed E-state index contributed by atoms with van der Waals surface area (Å²) >= 11 is 9.37. The molecule has 0 aliphatic heterocycles. The van der Waals surface area contributed by atoms with Crippen LogP contribution in [0.2, 0.25) is 5.15 Å². The molecule has 8 heteroatoms. The molecule has 0 amide bonds. The summed E-state index contributed by atoms with van der Waals surface area (Å²) in [6, 6.07) is 14.7. The Bertz CT molecular complexity index is 954. The molecule has 1 aromatic heterocycles. The van der Waals surface area contributed by atoms with Crippen molar-refractivity contribution < 1.29 is 13.5 Å². The van der Waals surface area contributed by atoms with Gasteiger partial charge < -0.3 is 5.11 Å². The lowest BCUT2D eigenvalue weighted by Crippen LogP contribution is -2.04. The van der Waals surface area contributed by atoms with E-state index in [9.17, 15) is 13.5 Å². The molecule has 0 saturated heterocycles. The molecule has 1 heterocycles. The highest BCUT2D eigenvalue weighted by atomic mass is 79.9. The van der Waals surface area contributed by atoms with Crippen molar-refractivity contribution in [2.24, 2.45) is 0 Å². The standard InChI is InChI=1S/C15H10BrClN2O3S/c16-10-6-8-11(9-7-10)19-14(17)13(20)15(18-19)23(21,22)12-4-2-1-3-5-12/h1-9,20H. The number of sulfone groups is 1. The fourth-order valence-corrected chi connectivity index (χ4v) is 3.84. The summed E-state index contributed by atoms with van der Waals surface area (Å²) in [4.78, 5) is 0.0347. The van der Waals surface area contributed by atoms with Crippen LogP contribution in [-0.2, 0) is 9.84 Å². The fraction of sp³-hybridized carbons (Fsp3) is 0. The van der Waals surface area contributed by atoms with Gasteiger partial charge in [-0.2, -0.15) is 5.10 Å². The van der Waals surface area contributed by atoms with Crippen molar-refractivity contribution in [2.75, 3.05) is 0 Å². The quantitative estimate of drug-likeness (QED) is 0.708. The molecular weight excluding hydrogens is 404 g/mol. The maximum atomic E-state index is 12.6. The Labute approximate surface area is 146 Å². The Morgan fingerprint density at radius 2 is 1.65 bits per heavy atom. The normalized spacial score (nSPS) is 11.6. The zero-order valence-electron chi connectivity index (χ0n) is 11.5. The largest absolute Gasteiger partial charge is 0.503 e. The van der Waals surface area contributed by atoms with E-state index in [1.807, 2.05) is 0 Å². The van der Waals surface area contributed by atoms with Crippen molar-refractivity contribution in [2.45, 2.75) is 9.92 Å². The van der Waals surface area contributed by atoms with Crippen LogP contribution in [0.5, 0.6) is 5.75 Å². The lowest BCUT2D eigenvalue weighted by molar-refractivity contribution is 0.458. The zero-order valence-corrected chi connectivity index (χ0v) is 14.7. The van der Waals surface area contributed by atoms with Crippen molar-refractivity contribution >= 4 is 37.4 Å². The summed E-state index contributed by atoms with van der Waals surface area (Å²) < 4.78 is 27.2. The zero-order chi connectivity index (χ0) is 16.6. The van der Waals surface area contributed by atoms with Gasteiger partial charge in [-0.15, -0.1) is 0 Å². The van der Waals surface area contributed by atoms with Gasteiger partial charge in [-0.1, -0.05) is 45.7 Å². The van der Waals surface area contributed by atoms with Gasteiger partial charge >= 0.3 is 0 Å². The van der Waals surface area contributed by atoms with Crippen LogP contribution in [0, 0.1) is 0 Å². The molecule has 0 aliphatic rings. The van der Waals surface area contributed by atoms with Crippen LogP contribution >= 0.6 is 27.5 Å². The first-order valence-electron chi connectivity index (χ1n) is 6.45. The van der Waals surface area contributed by atoms with Crippen LogP contribution < -0.4 is 0 Å². The third-order valence-electron chi connectivity index (χ3n) is 3.15. The maximum Gasteiger partial charge on any atom is 0.229 e. The Balaban J connectivity index is 2.16. The number of hydrogen-bond acceptors (Lipinski definition) is 4. The maximum absolute atomic E-state index is 12.6. The van der Waals surface area contributed by atoms with Gasteiger partial charge in [-0.05, 0) is 36.4 Å². The molecule has 0 radical (unpaired) electrons. The molecule has 0 atom stereocenters. The predicted octanol–water partition coefficient (Wildman–Crippen LogP) is 3.83. The second-order valence-electron chi connectivity index (χ2n) is 4.65. The molecule has 0 bridgehead atoms. The lowest BCUT2D eigenvalue weighted by atomic mass is 10.3. The first-order chi connectivity index (χ1) is 10.9. The highest BCUT2D eigenvalue weighted by molar-refractivity contribution is 9.10. The number of nitrogens with zero attached hydrogens (tertiary/aromatic N) is 2. The SMILES string of the molecule is O=S(=O)(c1ccccc1)c1nn(-c2ccc(Br)cc2)c(Cl)c1O. The molecule has 0 aliphatic carbocycles. The number of hydrogen-bond donors (Lipinski definition) is 1.